The third-order valence-electron chi connectivity index (χ3n) is 5.21. The molecule has 1 amide bonds. The molecule has 10 heteroatoms. The van der Waals surface area contributed by atoms with Crippen LogP contribution in [0.4, 0.5) is 18.9 Å². The number of aliphatic carboxylic acids is 1. The number of benzene rings is 2. The van der Waals surface area contributed by atoms with E-state index in [1.165, 1.54) is 0 Å². The summed E-state index contributed by atoms with van der Waals surface area (Å²) in [5, 5.41) is 15.1. The van der Waals surface area contributed by atoms with E-state index in [0.29, 0.717) is 35.0 Å². The first-order valence-electron chi connectivity index (χ1n) is 10.7. The van der Waals surface area contributed by atoms with Crippen LogP contribution in [0.3, 0.4) is 0 Å². The maximum atomic E-state index is 12.7. The Balaban J connectivity index is 1.72. The van der Waals surface area contributed by atoms with Crippen molar-refractivity contribution in [2.45, 2.75) is 25.9 Å². The molecular weight excluding hydrogens is 461 g/mol. The molecule has 184 valence electrons. The lowest BCUT2D eigenvalue weighted by atomic mass is 10.0. The molecule has 0 atom stereocenters. The molecule has 2 aromatic carbocycles. The van der Waals surface area contributed by atoms with Gasteiger partial charge in [-0.05, 0) is 48.9 Å². The number of rotatable bonds is 7. The molecule has 7 nitrogen and oxygen atoms in total. The molecule has 3 rings (SSSR count). The van der Waals surface area contributed by atoms with Crippen LogP contribution in [0.5, 0.6) is 0 Å². The predicted octanol–water partition coefficient (Wildman–Crippen LogP) is 4.65. The lowest BCUT2D eigenvalue weighted by Crippen LogP contribution is -2.33. The zero-order valence-corrected chi connectivity index (χ0v) is 19.4. The van der Waals surface area contributed by atoms with Crippen LogP contribution >= 0.6 is 0 Å². The zero-order chi connectivity index (χ0) is 25.8. The molecule has 0 bridgehead atoms. The van der Waals surface area contributed by atoms with E-state index in [2.05, 4.69) is 15.6 Å². The van der Waals surface area contributed by atoms with Crippen molar-refractivity contribution in [3.8, 4) is 0 Å². The maximum absolute atomic E-state index is 12.7. The van der Waals surface area contributed by atoms with Crippen molar-refractivity contribution in [3.05, 3.63) is 88.4 Å². The number of nitrogens with zero attached hydrogens (tertiary/aromatic N) is 2. The molecule has 35 heavy (non-hydrogen) atoms. The van der Waals surface area contributed by atoms with E-state index in [0.717, 1.165) is 29.8 Å². The van der Waals surface area contributed by atoms with Crippen LogP contribution in [-0.2, 0) is 17.4 Å². The maximum Gasteiger partial charge on any atom is 0.416 e. The molecule has 0 aliphatic carbocycles. The van der Waals surface area contributed by atoms with E-state index in [1.54, 1.807) is 49.3 Å². The summed E-state index contributed by atoms with van der Waals surface area (Å²) in [7, 11) is 3.59. The summed E-state index contributed by atoms with van der Waals surface area (Å²) >= 11 is 0. The number of amides is 1. The van der Waals surface area contributed by atoms with E-state index < -0.39 is 23.6 Å². The number of aliphatic imine (C=N–C) groups is 1. The van der Waals surface area contributed by atoms with E-state index in [4.69, 9.17) is 0 Å². The molecule has 1 aliphatic rings. The first-order valence-corrected chi connectivity index (χ1v) is 10.7. The van der Waals surface area contributed by atoms with E-state index in [9.17, 15) is 27.9 Å². The average molecular weight is 486 g/mol. The van der Waals surface area contributed by atoms with Crippen molar-refractivity contribution < 1.29 is 27.9 Å². The Kier molecular flexibility index (Phi) is 7.63. The summed E-state index contributed by atoms with van der Waals surface area (Å²) in [6.45, 7) is 1.81. The number of halogens is 3. The van der Waals surface area contributed by atoms with E-state index in [-0.39, 0.29) is 12.0 Å². The molecule has 0 radical (unpaired) electrons. The molecular formula is C25H25F3N4O3. The van der Waals surface area contributed by atoms with Gasteiger partial charge in [0.15, 0.2) is 0 Å². The fraction of sp³-hybridized carbons (Fsp3) is 0.240. The van der Waals surface area contributed by atoms with Gasteiger partial charge < -0.3 is 20.6 Å². The number of hydrogen-bond acceptors (Lipinski definition) is 5. The Labute approximate surface area is 200 Å². The highest BCUT2D eigenvalue weighted by atomic mass is 19.4. The highest BCUT2D eigenvalue weighted by molar-refractivity contribution is 6.04. The summed E-state index contributed by atoms with van der Waals surface area (Å²) in [6.07, 6.45) is -2.39. The van der Waals surface area contributed by atoms with Gasteiger partial charge in [-0.2, -0.15) is 13.2 Å². The number of hydrogen-bond donors (Lipinski definition) is 3. The Morgan fingerprint density at radius 2 is 1.71 bits per heavy atom. The second-order valence-electron chi connectivity index (χ2n) is 8.06. The van der Waals surface area contributed by atoms with Crippen molar-refractivity contribution in [1.29, 1.82) is 0 Å². The predicted molar refractivity (Wildman–Crippen MR) is 127 cm³/mol. The number of carbonyl (C=O) groups excluding carboxylic acids is 1. The Bertz CT molecular complexity index is 1200. The van der Waals surface area contributed by atoms with Crippen molar-refractivity contribution >= 4 is 23.4 Å². The molecule has 1 aliphatic heterocycles. The van der Waals surface area contributed by atoms with Crippen molar-refractivity contribution in [3.63, 3.8) is 0 Å². The van der Waals surface area contributed by atoms with E-state index >= 15 is 0 Å². The number of anilines is 1. The lowest BCUT2D eigenvalue weighted by Gasteiger charge is -2.27. The monoisotopic (exact) mass is 486 g/mol. The third kappa shape index (κ3) is 6.50. The van der Waals surface area contributed by atoms with Crippen LogP contribution in [-0.4, -0.2) is 41.8 Å². The number of carboxylic acid groups (broad SMARTS) is 1. The van der Waals surface area contributed by atoms with Crippen molar-refractivity contribution in [2.75, 3.05) is 19.4 Å². The second-order valence-corrected chi connectivity index (χ2v) is 8.06. The molecule has 2 aromatic rings. The SMILES string of the molecule is CC=C1NC(Cc2ccc(NC(=O)c3ccc(C(F)(F)F)cc3)cc2)=NC(N(C)C)=C1CC(=O)O. The zero-order valence-electron chi connectivity index (χ0n) is 19.4. The van der Waals surface area contributed by atoms with Crippen LogP contribution in [0.2, 0.25) is 0 Å². The number of alkyl halides is 3. The number of allylic oxidation sites excluding steroid dienone is 2. The number of carboxylic acids is 1. The molecule has 0 saturated heterocycles. The molecule has 3 N–H and O–H groups in total. The van der Waals surface area contributed by atoms with Crippen molar-refractivity contribution in [2.24, 2.45) is 4.99 Å². The fourth-order valence-corrected chi connectivity index (χ4v) is 3.51. The normalized spacial score (nSPS) is 14.9. The van der Waals surface area contributed by atoms with Crippen molar-refractivity contribution in [1.82, 2.24) is 10.2 Å². The highest BCUT2D eigenvalue weighted by Crippen LogP contribution is 2.29. The molecule has 1 heterocycles. The summed E-state index contributed by atoms with van der Waals surface area (Å²) in [4.78, 5) is 30.0. The molecule has 0 unspecified atom stereocenters. The van der Waals surface area contributed by atoms with Gasteiger partial charge in [-0.25, -0.2) is 4.99 Å². The van der Waals surface area contributed by atoms with Gasteiger partial charge in [0.05, 0.1) is 12.0 Å². The molecule has 0 spiro atoms. The van der Waals surface area contributed by atoms with E-state index in [1.807, 2.05) is 6.92 Å². The topological polar surface area (TPSA) is 94.0 Å². The number of carbonyl (C=O) groups is 2. The first-order chi connectivity index (χ1) is 16.5. The summed E-state index contributed by atoms with van der Waals surface area (Å²) in [6, 6.07) is 11.0. The van der Waals surface area contributed by atoms with Gasteiger partial charge >= 0.3 is 12.1 Å². The van der Waals surface area contributed by atoms with Gasteiger partial charge in [0.2, 0.25) is 0 Å². The Morgan fingerprint density at radius 1 is 1.09 bits per heavy atom. The average Bonchev–Trinajstić information content (AvgIpc) is 2.80. The smallest absolute Gasteiger partial charge is 0.416 e. The Hall–Kier alpha value is -4.08. The molecule has 0 saturated carbocycles. The largest absolute Gasteiger partial charge is 0.481 e. The summed E-state index contributed by atoms with van der Waals surface area (Å²) in [5.74, 6) is -0.269. The van der Waals surface area contributed by atoms with Gasteiger partial charge in [-0.15, -0.1) is 0 Å². The summed E-state index contributed by atoms with van der Waals surface area (Å²) in [5.41, 5.74) is 1.95. The molecule has 0 fully saturated rings. The van der Waals surface area contributed by atoms with Gasteiger partial charge in [0.25, 0.3) is 5.91 Å². The second kappa shape index (κ2) is 10.5. The van der Waals surface area contributed by atoms with Crippen LogP contribution in [0.1, 0.15) is 34.8 Å². The van der Waals surface area contributed by atoms with Gasteiger partial charge in [-0.1, -0.05) is 18.2 Å². The quantitative estimate of drug-likeness (QED) is 0.530. The lowest BCUT2D eigenvalue weighted by molar-refractivity contribution is -0.138. The minimum atomic E-state index is -4.46. The standard InChI is InChI=1S/C25H25F3N4O3/c1-4-20-19(14-22(33)34)23(32(2)3)31-21(30-20)13-15-5-11-18(12-6-15)29-24(35)16-7-9-17(10-8-16)25(26,27)28/h4-12H,13-14H2,1-3H3,(H,29,35)(H,30,31)(H,33,34). The molecule has 0 aromatic heterocycles. The minimum absolute atomic E-state index is 0.113. The van der Waals surface area contributed by atoms with Gasteiger partial charge in [0.1, 0.15) is 11.7 Å². The van der Waals surface area contributed by atoms with Gasteiger partial charge in [-0.3, -0.25) is 9.59 Å². The van der Waals surface area contributed by atoms with Crippen LogP contribution in [0.15, 0.2) is 76.7 Å². The summed E-state index contributed by atoms with van der Waals surface area (Å²) < 4.78 is 38.1. The highest BCUT2D eigenvalue weighted by Gasteiger charge is 2.30. The van der Waals surface area contributed by atoms with Gasteiger partial charge in [0, 0.05) is 43.0 Å². The van der Waals surface area contributed by atoms with Crippen LogP contribution in [0, 0.1) is 0 Å². The number of nitrogens with one attached hydrogen (secondary N) is 2. The number of amidine groups is 1. The fourth-order valence-electron chi connectivity index (χ4n) is 3.51. The van der Waals surface area contributed by atoms with Crippen LogP contribution < -0.4 is 10.6 Å². The first kappa shape index (κ1) is 25.5. The third-order valence-corrected chi connectivity index (χ3v) is 5.21. The minimum Gasteiger partial charge on any atom is -0.481 e. The Morgan fingerprint density at radius 3 is 2.23 bits per heavy atom. The van der Waals surface area contributed by atoms with Crippen LogP contribution in [0.25, 0.3) is 0 Å².